The summed E-state index contributed by atoms with van der Waals surface area (Å²) in [6.45, 7) is 3.93. The van der Waals surface area contributed by atoms with Gasteiger partial charge in [0.25, 0.3) is 0 Å². The molecule has 0 aromatic heterocycles. The van der Waals surface area contributed by atoms with E-state index in [0.29, 0.717) is 23.1 Å². The predicted octanol–water partition coefficient (Wildman–Crippen LogP) is 3.33. The average Bonchev–Trinajstić information content (AvgIpc) is 2.69. The fourth-order valence-corrected chi connectivity index (χ4v) is 4.47. The number of hydrogen-bond donors (Lipinski definition) is 1. The van der Waals surface area contributed by atoms with E-state index in [-0.39, 0.29) is 22.8 Å². The minimum Gasteiger partial charge on any atom is -0.399 e. The molecule has 1 aromatic rings. The number of halogens is 2. The topological polar surface area (TPSA) is 101 Å². The predicted molar refractivity (Wildman–Crippen MR) is 101 cm³/mol. The van der Waals surface area contributed by atoms with Gasteiger partial charge < -0.3 is 5.73 Å². The molecular weight excluding hydrogens is 409 g/mol. The van der Waals surface area contributed by atoms with Gasteiger partial charge in [-0.25, -0.2) is 4.39 Å². The van der Waals surface area contributed by atoms with Crippen LogP contribution in [0.25, 0.3) is 0 Å². The third-order valence-corrected chi connectivity index (χ3v) is 5.97. The maximum absolute atomic E-state index is 14.8. The number of allylic oxidation sites excluding steroid dienone is 2. The zero-order valence-corrected chi connectivity index (χ0v) is 16.3. The summed E-state index contributed by atoms with van der Waals surface area (Å²) in [7, 11) is 0. The number of nitriles is 3. The summed E-state index contributed by atoms with van der Waals surface area (Å²) in [4.78, 5) is 2.13. The standard InChI is InChI=1S/C20H17BrFN5/c1-2-27-6-5-13-15(8-23)19(26)20(10-24,11-25)18(16(13)9-27)14-7-12(21)3-4-17(14)22/h3-5,7,16,18H,2,6,9,26H2,1H3/t16-,18+/m0/s1. The molecular formula is C20H17BrFN5. The van der Waals surface area contributed by atoms with E-state index in [4.69, 9.17) is 5.73 Å². The lowest BCUT2D eigenvalue weighted by molar-refractivity contribution is 0.212. The molecule has 0 bridgehead atoms. The largest absolute Gasteiger partial charge is 0.399 e. The Morgan fingerprint density at radius 1 is 1.33 bits per heavy atom. The fourth-order valence-electron chi connectivity index (χ4n) is 4.09. The smallest absolute Gasteiger partial charge is 0.191 e. The quantitative estimate of drug-likeness (QED) is 0.782. The van der Waals surface area contributed by atoms with Crippen molar-refractivity contribution in [1.29, 1.82) is 15.8 Å². The van der Waals surface area contributed by atoms with Crippen LogP contribution in [0.2, 0.25) is 0 Å². The van der Waals surface area contributed by atoms with Gasteiger partial charge in [0.2, 0.25) is 0 Å². The Morgan fingerprint density at radius 2 is 2.04 bits per heavy atom. The molecule has 0 amide bonds. The van der Waals surface area contributed by atoms with E-state index in [9.17, 15) is 20.2 Å². The maximum Gasteiger partial charge on any atom is 0.191 e. The second-order valence-electron chi connectivity index (χ2n) is 6.69. The SMILES string of the molecule is CCN1CC=C2C(C#N)=C(N)C(C#N)(C#N)[C@H](c3cc(Br)ccc3F)[C@H]2C1. The monoisotopic (exact) mass is 425 g/mol. The molecule has 2 atom stereocenters. The zero-order chi connectivity index (χ0) is 19.8. The summed E-state index contributed by atoms with van der Waals surface area (Å²) in [5.41, 5.74) is 5.42. The molecule has 3 rings (SSSR count). The number of benzene rings is 1. The van der Waals surface area contributed by atoms with Crippen LogP contribution >= 0.6 is 15.9 Å². The first-order valence-electron chi connectivity index (χ1n) is 8.54. The third-order valence-electron chi connectivity index (χ3n) is 5.48. The number of likely N-dealkylation sites (N-methyl/N-ethyl adjacent to an activating group) is 1. The molecule has 0 saturated carbocycles. The van der Waals surface area contributed by atoms with Gasteiger partial charge in [-0.15, -0.1) is 0 Å². The van der Waals surface area contributed by atoms with E-state index in [1.54, 1.807) is 12.1 Å². The van der Waals surface area contributed by atoms with Gasteiger partial charge in [0.1, 0.15) is 11.9 Å². The second kappa shape index (κ2) is 7.16. The van der Waals surface area contributed by atoms with Crippen molar-refractivity contribution in [3.05, 3.63) is 57.0 Å². The van der Waals surface area contributed by atoms with Gasteiger partial charge in [-0.3, -0.25) is 4.90 Å². The van der Waals surface area contributed by atoms with E-state index < -0.39 is 17.2 Å². The van der Waals surface area contributed by atoms with Crippen LogP contribution in [-0.4, -0.2) is 24.5 Å². The van der Waals surface area contributed by atoms with Crippen LogP contribution < -0.4 is 5.73 Å². The summed E-state index contributed by atoms with van der Waals surface area (Å²) >= 11 is 3.35. The lowest BCUT2D eigenvalue weighted by Gasteiger charge is -2.45. The molecule has 2 aliphatic rings. The van der Waals surface area contributed by atoms with Crippen LogP contribution in [0.4, 0.5) is 4.39 Å². The Balaban J connectivity index is 2.36. The van der Waals surface area contributed by atoms with Crippen LogP contribution in [0.3, 0.4) is 0 Å². The minimum absolute atomic E-state index is 0.0909. The van der Waals surface area contributed by atoms with E-state index in [2.05, 4.69) is 26.9 Å². The van der Waals surface area contributed by atoms with E-state index >= 15 is 0 Å². The van der Waals surface area contributed by atoms with Crippen molar-refractivity contribution >= 4 is 15.9 Å². The van der Waals surface area contributed by atoms with Gasteiger partial charge in [0, 0.05) is 29.4 Å². The number of hydrogen-bond acceptors (Lipinski definition) is 5. The molecule has 1 aromatic carbocycles. The molecule has 2 N–H and O–H groups in total. The maximum atomic E-state index is 14.8. The van der Waals surface area contributed by atoms with Crippen LogP contribution in [0, 0.1) is 51.1 Å². The fraction of sp³-hybridized carbons (Fsp3) is 0.350. The molecule has 0 radical (unpaired) electrons. The van der Waals surface area contributed by atoms with Gasteiger partial charge >= 0.3 is 0 Å². The summed E-state index contributed by atoms with van der Waals surface area (Å²) in [5.74, 6) is -1.70. The summed E-state index contributed by atoms with van der Waals surface area (Å²) < 4.78 is 15.5. The minimum atomic E-state index is -1.81. The van der Waals surface area contributed by atoms with Crippen molar-refractivity contribution < 1.29 is 4.39 Å². The molecule has 0 spiro atoms. The van der Waals surface area contributed by atoms with Crippen LogP contribution in [0.1, 0.15) is 18.4 Å². The summed E-state index contributed by atoms with van der Waals surface area (Å²) in [6.07, 6.45) is 1.91. The Hall–Kier alpha value is -2.66. The van der Waals surface area contributed by atoms with E-state index in [1.807, 2.05) is 25.1 Å². The molecule has 5 nitrogen and oxygen atoms in total. The number of fused-ring (bicyclic) bond motifs is 1. The molecule has 7 heteroatoms. The van der Waals surface area contributed by atoms with Crippen molar-refractivity contribution in [2.24, 2.45) is 17.1 Å². The van der Waals surface area contributed by atoms with E-state index in [1.165, 1.54) is 6.07 Å². The third kappa shape index (κ3) is 2.82. The van der Waals surface area contributed by atoms with Crippen molar-refractivity contribution in [2.75, 3.05) is 19.6 Å². The highest BCUT2D eigenvalue weighted by molar-refractivity contribution is 9.10. The first-order valence-corrected chi connectivity index (χ1v) is 9.33. The van der Waals surface area contributed by atoms with Gasteiger partial charge in [-0.1, -0.05) is 28.9 Å². The Labute approximate surface area is 165 Å². The highest BCUT2D eigenvalue weighted by atomic mass is 79.9. The van der Waals surface area contributed by atoms with Crippen LogP contribution in [-0.2, 0) is 0 Å². The second-order valence-corrected chi connectivity index (χ2v) is 7.61. The van der Waals surface area contributed by atoms with Gasteiger partial charge in [-0.05, 0) is 35.9 Å². The highest BCUT2D eigenvalue weighted by Gasteiger charge is 2.55. The number of nitrogens with zero attached hydrogens (tertiary/aromatic N) is 4. The molecule has 1 aliphatic heterocycles. The molecule has 0 unspecified atom stereocenters. The Kier molecular flexibility index (Phi) is 5.07. The lowest BCUT2D eigenvalue weighted by atomic mass is 9.58. The molecule has 1 heterocycles. The van der Waals surface area contributed by atoms with Crippen LogP contribution in [0.15, 0.2) is 45.6 Å². The molecule has 27 heavy (non-hydrogen) atoms. The van der Waals surface area contributed by atoms with Gasteiger partial charge in [-0.2, -0.15) is 15.8 Å². The lowest BCUT2D eigenvalue weighted by Crippen LogP contribution is -2.48. The van der Waals surface area contributed by atoms with Gasteiger partial charge in [0.05, 0.1) is 23.4 Å². The van der Waals surface area contributed by atoms with Crippen molar-refractivity contribution in [2.45, 2.75) is 12.8 Å². The molecule has 136 valence electrons. The summed E-state index contributed by atoms with van der Waals surface area (Å²) in [6, 6.07) is 10.6. The van der Waals surface area contributed by atoms with Crippen molar-refractivity contribution in [1.82, 2.24) is 4.90 Å². The average molecular weight is 426 g/mol. The summed E-state index contributed by atoms with van der Waals surface area (Å²) in [5, 5.41) is 29.6. The van der Waals surface area contributed by atoms with Crippen molar-refractivity contribution in [3.63, 3.8) is 0 Å². The number of rotatable bonds is 2. The Bertz CT molecular complexity index is 962. The molecule has 0 fully saturated rings. The van der Waals surface area contributed by atoms with E-state index in [0.717, 1.165) is 6.54 Å². The number of nitrogens with two attached hydrogens (primary N) is 1. The van der Waals surface area contributed by atoms with Gasteiger partial charge in [0.15, 0.2) is 5.41 Å². The van der Waals surface area contributed by atoms with Crippen molar-refractivity contribution in [3.8, 4) is 18.2 Å². The normalized spacial score (nSPS) is 24.2. The van der Waals surface area contributed by atoms with Crippen LogP contribution in [0.5, 0.6) is 0 Å². The zero-order valence-electron chi connectivity index (χ0n) is 14.7. The first-order chi connectivity index (χ1) is 12.9. The molecule has 1 aliphatic carbocycles. The highest BCUT2D eigenvalue weighted by Crippen LogP contribution is 2.54. The first kappa shape index (κ1) is 19.1. The molecule has 0 saturated heterocycles. The Morgan fingerprint density at radius 3 is 2.63 bits per heavy atom.